The molecule has 0 radical (unpaired) electrons. The second-order valence-corrected chi connectivity index (χ2v) is 11.9. The van der Waals surface area contributed by atoms with E-state index in [2.05, 4.69) is 39.8 Å². The predicted octanol–water partition coefficient (Wildman–Crippen LogP) is 6.31. The van der Waals surface area contributed by atoms with Gasteiger partial charge in [0.1, 0.15) is 5.82 Å². The van der Waals surface area contributed by atoms with Crippen LogP contribution in [0.25, 0.3) is 11.1 Å². The number of carbonyl (C=O) groups excluding carboxylic acids is 2. The van der Waals surface area contributed by atoms with Crippen molar-refractivity contribution in [3.05, 3.63) is 88.7 Å². The molecule has 2 aliphatic rings. The molecule has 1 heterocycles. The Hall–Kier alpha value is -3.26. The van der Waals surface area contributed by atoms with Crippen LogP contribution in [0.5, 0.6) is 0 Å². The van der Waals surface area contributed by atoms with E-state index >= 15 is 0 Å². The number of anilines is 1. The van der Waals surface area contributed by atoms with Gasteiger partial charge in [-0.1, -0.05) is 60.8 Å². The van der Waals surface area contributed by atoms with Crippen molar-refractivity contribution in [3.63, 3.8) is 0 Å². The van der Waals surface area contributed by atoms with Crippen molar-refractivity contribution in [1.82, 2.24) is 15.1 Å². The van der Waals surface area contributed by atoms with Crippen LogP contribution >= 0.6 is 11.6 Å². The summed E-state index contributed by atoms with van der Waals surface area (Å²) >= 11 is 5.90. The molecule has 0 unspecified atom stereocenters. The van der Waals surface area contributed by atoms with Crippen LogP contribution in [0.1, 0.15) is 54.4 Å². The average molecular weight is 577 g/mol. The summed E-state index contributed by atoms with van der Waals surface area (Å²) in [6.07, 6.45) is 6.94. The van der Waals surface area contributed by atoms with Gasteiger partial charge in [0.15, 0.2) is 0 Å². The monoisotopic (exact) mass is 576 g/mol. The number of halogens is 2. The quantitative estimate of drug-likeness (QED) is 0.330. The van der Waals surface area contributed by atoms with E-state index in [4.69, 9.17) is 11.6 Å². The molecule has 0 aromatic heterocycles. The third kappa shape index (κ3) is 6.80. The molecule has 1 saturated carbocycles. The van der Waals surface area contributed by atoms with E-state index in [0.717, 1.165) is 42.6 Å². The summed E-state index contributed by atoms with van der Waals surface area (Å²) < 4.78 is 13.6. The van der Waals surface area contributed by atoms with E-state index in [0.29, 0.717) is 17.3 Å². The van der Waals surface area contributed by atoms with Gasteiger partial charge in [0.05, 0.1) is 11.6 Å². The fourth-order valence-corrected chi connectivity index (χ4v) is 6.39. The lowest BCUT2D eigenvalue weighted by Gasteiger charge is -2.45. The maximum absolute atomic E-state index is 13.6. The van der Waals surface area contributed by atoms with Crippen LogP contribution in [0.2, 0.25) is 5.02 Å². The summed E-state index contributed by atoms with van der Waals surface area (Å²) in [4.78, 5) is 29.6. The highest BCUT2D eigenvalue weighted by molar-refractivity contribution is 6.31. The topological polar surface area (TPSA) is 64.7 Å². The normalized spacial score (nSPS) is 17.4. The first kappa shape index (κ1) is 29.2. The first-order valence-electron chi connectivity index (χ1n) is 14.4. The van der Waals surface area contributed by atoms with Gasteiger partial charge in [-0.2, -0.15) is 0 Å². The van der Waals surface area contributed by atoms with Gasteiger partial charge in [-0.25, -0.2) is 4.39 Å². The van der Waals surface area contributed by atoms with Crippen LogP contribution < -0.4 is 10.6 Å². The van der Waals surface area contributed by atoms with Gasteiger partial charge in [0.25, 0.3) is 5.91 Å². The minimum atomic E-state index is -0.518. The lowest BCUT2D eigenvalue weighted by atomic mass is 9.79. The molecule has 1 saturated heterocycles. The number of nitrogens with zero attached hydrogens (tertiary/aromatic N) is 2. The van der Waals surface area contributed by atoms with Crippen LogP contribution in [0.15, 0.2) is 66.7 Å². The summed E-state index contributed by atoms with van der Waals surface area (Å²) in [5.74, 6) is -0.749. The standard InChI is InChI=1S/C33H38ClFN4O2/c1-38(2)32(41)25-7-5-6-24(20-25)23-10-12-26(13-11-23)33(16-18-39(19-17-33)28-8-3-4-9-28)36-22-31(40)37-27-14-15-30(35)29(34)21-27/h5-7,10-15,20-21,28,36H,3-4,8-9,16-19,22H2,1-2H3,(H,37,40). The molecule has 5 rings (SSSR count). The largest absolute Gasteiger partial charge is 0.345 e. The summed E-state index contributed by atoms with van der Waals surface area (Å²) in [5.41, 5.74) is 3.93. The number of benzene rings is 3. The van der Waals surface area contributed by atoms with Crippen molar-refractivity contribution < 1.29 is 14.0 Å². The number of nitrogens with one attached hydrogen (secondary N) is 2. The minimum absolute atomic E-state index is 0.0248. The van der Waals surface area contributed by atoms with E-state index in [1.54, 1.807) is 19.0 Å². The Labute approximate surface area is 246 Å². The Bertz CT molecular complexity index is 1380. The lowest BCUT2D eigenvalue weighted by molar-refractivity contribution is -0.116. The fraction of sp³-hybridized carbons (Fsp3) is 0.394. The van der Waals surface area contributed by atoms with Crippen LogP contribution in [-0.4, -0.2) is 61.4 Å². The van der Waals surface area contributed by atoms with Gasteiger partial charge in [-0.15, -0.1) is 0 Å². The number of piperidine rings is 1. The summed E-state index contributed by atoms with van der Waals surface area (Å²) in [6.45, 7) is 2.07. The fourth-order valence-electron chi connectivity index (χ4n) is 6.21. The van der Waals surface area contributed by atoms with Gasteiger partial charge < -0.3 is 15.1 Å². The zero-order chi connectivity index (χ0) is 29.0. The average Bonchev–Trinajstić information content (AvgIpc) is 3.53. The molecule has 1 aliphatic carbocycles. The molecule has 0 atom stereocenters. The van der Waals surface area contributed by atoms with Crippen LogP contribution in [0, 0.1) is 5.82 Å². The lowest BCUT2D eigenvalue weighted by Crippen LogP contribution is -2.54. The molecular formula is C33H38ClFN4O2. The Morgan fingerprint density at radius 2 is 1.68 bits per heavy atom. The number of likely N-dealkylation sites (tertiary alicyclic amines) is 1. The van der Waals surface area contributed by atoms with E-state index in [1.165, 1.54) is 43.9 Å². The van der Waals surface area contributed by atoms with E-state index in [1.807, 2.05) is 24.3 Å². The molecule has 216 valence electrons. The first-order chi connectivity index (χ1) is 19.7. The molecular weight excluding hydrogens is 539 g/mol. The van der Waals surface area contributed by atoms with Gasteiger partial charge in [-0.05, 0) is 72.7 Å². The molecule has 2 fully saturated rings. The van der Waals surface area contributed by atoms with E-state index in [9.17, 15) is 14.0 Å². The molecule has 2 N–H and O–H groups in total. The Kier molecular flexibility index (Phi) is 9.07. The molecule has 8 heteroatoms. The van der Waals surface area contributed by atoms with Crippen molar-refractivity contribution in [2.24, 2.45) is 0 Å². The molecule has 2 amide bonds. The van der Waals surface area contributed by atoms with Crippen LogP contribution in [0.3, 0.4) is 0 Å². The molecule has 6 nitrogen and oxygen atoms in total. The Morgan fingerprint density at radius 3 is 2.34 bits per heavy atom. The number of hydrogen-bond donors (Lipinski definition) is 2. The molecule has 41 heavy (non-hydrogen) atoms. The maximum atomic E-state index is 13.6. The molecule has 0 bridgehead atoms. The van der Waals surface area contributed by atoms with Gasteiger partial charge >= 0.3 is 0 Å². The smallest absolute Gasteiger partial charge is 0.253 e. The molecule has 1 aliphatic heterocycles. The Balaban J connectivity index is 1.34. The molecule has 0 spiro atoms. The van der Waals surface area contributed by atoms with E-state index in [-0.39, 0.29) is 28.9 Å². The third-order valence-corrected chi connectivity index (χ3v) is 8.86. The van der Waals surface area contributed by atoms with Crippen molar-refractivity contribution in [1.29, 1.82) is 0 Å². The highest BCUT2D eigenvalue weighted by Gasteiger charge is 2.38. The maximum Gasteiger partial charge on any atom is 0.253 e. The highest BCUT2D eigenvalue weighted by Crippen LogP contribution is 2.37. The van der Waals surface area contributed by atoms with Gasteiger partial charge in [0, 0.05) is 50.0 Å². The van der Waals surface area contributed by atoms with Gasteiger partial charge in [-0.3, -0.25) is 14.9 Å². The zero-order valence-corrected chi connectivity index (χ0v) is 24.5. The van der Waals surface area contributed by atoms with Gasteiger partial charge in [0.2, 0.25) is 5.91 Å². The predicted molar refractivity (Wildman–Crippen MR) is 163 cm³/mol. The van der Waals surface area contributed by atoms with Crippen molar-refractivity contribution in [3.8, 4) is 11.1 Å². The van der Waals surface area contributed by atoms with Crippen molar-refractivity contribution in [2.75, 3.05) is 39.0 Å². The second-order valence-electron chi connectivity index (χ2n) is 11.4. The number of rotatable bonds is 8. The SMILES string of the molecule is CN(C)C(=O)c1cccc(-c2ccc(C3(NCC(=O)Nc4ccc(F)c(Cl)c4)CCN(C4CCCC4)CC3)cc2)c1. The first-order valence-corrected chi connectivity index (χ1v) is 14.8. The van der Waals surface area contributed by atoms with Crippen LogP contribution in [-0.2, 0) is 10.3 Å². The molecule has 3 aromatic rings. The van der Waals surface area contributed by atoms with E-state index < -0.39 is 5.82 Å². The summed E-state index contributed by atoms with van der Waals surface area (Å²) in [5, 5.41) is 6.41. The number of carbonyl (C=O) groups is 2. The summed E-state index contributed by atoms with van der Waals surface area (Å²) in [6, 6.07) is 21.0. The summed E-state index contributed by atoms with van der Waals surface area (Å²) in [7, 11) is 3.51. The number of amides is 2. The van der Waals surface area contributed by atoms with Crippen molar-refractivity contribution in [2.45, 2.75) is 50.1 Å². The van der Waals surface area contributed by atoms with Crippen LogP contribution in [0.4, 0.5) is 10.1 Å². The zero-order valence-electron chi connectivity index (χ0n) is 23.8. The molecule has 3 aromatic carbocycles. The third-order valence-electron chi connectivity index (χ3n) is 8.57. The minimum Gasteiger partial charge on any atom is -0.345 e. The Morgan fingerprint density at radius 1 is 0.976 bits per heavy atom. The number of hydrogen-bond acceptors (Lipinski definition) is 4. The van der Waals surface area contributed by atoms with Crippen molar-refractivity contribution >= 4 is 29.1 Å². The second kappa shape index (κ2) is 12.7. The highest BCUT2D eigenvalue weighted by atomic mass is 35.5.